The van der Waals surface area contributed by atoms with Crippen LogP contribution in [0.3, 0.4) is 0 Å². The summed E-state index contributed by atoms with van der Waals surface area (Å²) in [5.74, 6) is 0.0837. The molecule has 0 aliphatic carbocycles. The van der Waals surface area contributed by atoms with Crippen LogP contribution >= 0.6 is 11.3 Å². The fourth-order valence-corrected chi connectivity index (χ4v) is 3.55. The molecule has 0 atom stereocenters. The number of nitrogens with one attached hydrogen (secondary N) is 1. The number of nitrogens with zero attached hydrogens (tertiary/aromatic N) is 4. The zero-order valence-electron chi connectivity index (χ0n) is 15.8. The summed E-state index contributed by atoms with van der Waals surface area (Å²) in [6, 6.07) is 6.97. The molecule has 146 valence electrons. The first kappa shape index (κ1) is 19.6. The number of hydrogen-bond acceptors (Lipinski definition) is 7. The van der Waals surface area contributed by atoms with Gasteiger partial charge in [0.25, 0.3) is 5.91 Å². The second kappa shape index (κ2) is 8.22. The van der Waals surface area contributed by atoms with Gasteiger partial charge in [0.1, 0.15) is 5.75 Å². The maximum absolute atomic E-state index is 12.1. The fraction of sp³-hybridized carbons (Fsp3) is 0.263. The number of aromatic hydroxyl groups is 1. The summed E-state index contributed by atoms with van der Waals surface area (Å²) in [7, 11) is 0. The first-order valence-corrected chi connectivity index (χ1v) is 9.44. The highest BCUT2D eigenvalue weighted by molar-refractivity contribution is 7.07. The summed E-state index contributed by atoms with van der Waals surface area (Å²) < 4.78 is 7.30. The van der Waals surface area contributed by atoms with E-state index in [0.29, 0.717) is 4.80 Å². The molecule has 0 bridgehead atoms. The lowest BCUT2D eigenvalue weighted by Gasteiger charge is -2.24. The molecule has 0 unspecified atom stereocenters. The van der Waals surface area contributed by atoms with Crippen molar-refractivity contribution >= 4 is 17.2 Å². The molecule has 3 aromatic rings. The molecule has 0 saturated carbocycles. The lowest BCUT2D eigenvalue weighted by atomic mass is 10.1. The first-order chi connectivity index (χ1) is 13.3. The second-order valence-electron chi connectivity index (χ2n) is 6.94. The Labute approximate surface area is 166 Å². The highest BCUT2D eigenvalue weighted by Crippen LogP contribution is 2.27. The minimum Gasteiger partial charge on any atom is -0.508 e. The zero-order valence-corrected chi connectivity index (χ0v) is 16.6. The van der Waals surface area contributed by atoms with Gasteiger partial charge in [-0.25, -0.2) is 10.4 Å². The predicted molar refractivity (Wildman–Crippen MR) is 106 cm³/mol. The summed E-state index contributed by atoms with van der Waals surface area (Å²) in [6.07, 6.45) is 4.44. The van der Waals surface area contributed by atoms with Crippen molar-refractivity contribution in [2.24, 2.45) is 5.10 Å². The molecule has 0 spiro atoms. The van der Waals surface area contributed by atoms with Crippen LogP contribution in [-0.4, -0.2) is 32.2 Å². The Kier molecular flexibility index (Phi) is 5.74. The molecule has 28 heavy (non-hydrogen) atoms. The van der Waals surface area contributed by atoms with Crippen LogP contribution in [0.2, 0.25) is 0 Å². The molecule has 2 N–H and O–H groups in total. The van der Waals surface area contributed by atoms with Gasteiger partial charge in [-0.3, -0.25) is 9.78 Å². The molecule has 0 fully saturated rings. The number of amides is 1. The van der Waals surface area contributed by atoms with Gasteiger partial charge >= 0.3 is 0 Å². The van der Waals surface area contributed by atoms with Crippen LogP contribution in [0.25, 0.3) is 11.3 Å². The van der Waals surface area contributed by atoms with E-state index in [1.54, 1.807) is 12.1 Å². The maximum Gasteiger partial charge on any atom is 0.278 e. The Morgan fingerprint density at radius 2 is 2.04 bits per heavy atom. The van der Waals surface area contributed by atoms with Crippen molar-refractivity contribution in [2.45, 2.75) is 26.3 Å². The molecule has 1 amide bonds. The number of phenolic OH excluding ortho intramolecular Hbond substituents is 1. The predicted octanol–water partition coefficient (Wildman–Crippen LogP) is 2.48. The minimum atomic E-state index is -0.398. The van der Waals surface area contributed by atoms with Crippen molar-refractivity contribution in [3.8, 4) is 22.9 Å². The number of rotatable bonds is 5. The number of phenols is 1. The molecular formula is C19H21N5O3S. The van der Waals surface area contributed by atoms with Gasteiger partial charge in [0.05, 0.1) is 11.9 Å². The van der Waals surface area contributed by atoms with E-state index in [4.69, 9.17) is 4.74 Å². The van der Waals surface area contributed by atoms with Crippen molar-refractivity contribution in [1.82, 2.24) is 20.0 Å². The standard InChI is InChI=1S/C19H21N5O3S/c1-19(2,3)24-15(13-4-6-14(25)7-5-13)12-28-18(24)23-22-16(26)11-27-17-10-20-8-9-21-17/h4-10,12,25H,11H2,1-3H3,(H,22,26)/b23-18-. The molecule has 0 radical (unpaired) electrons. The number of hydrogen-bond donors (Lipinski definition) is 2. The zero-order chi connectivity index (χ0) is 20.1. The first-order valence-electron chi connectivity index (χ1n) is 8.56. The van der Waals surface area contributed by atoms with Crippen molar-refractivity contribution in [1.29, 1.82) is 0 Å². The molecule has 8 nitrogen and oxygen atoms in total. The number of thiazole rings is 1. The summed E-state index contributed by atoms with van der Waals surface area (Å²) in [4.78, 5) is 20.5. The Bertz CT molecular complexity index is 1000. The van der Waals surface area contributed by atoms with Crippen LogP contribution in [0.4, 0.5) is 0 Å². The Morgan fingerprint density at radius 3 is 2.68 bits per heavy atom. The lowest BCUT2D eigenvalue weighted by Crippen LogP contribution is -2.34. The topological polar surface area (TPSA) is 102 Å². The number of ether oxygens (including phenoxy) is 1. The molecule has 3 rings (SSSR count). The molecule has 0 aliphatic heterocycles. The van der Waals surface area contributed by atoms with Crippen molar-refractivity contribution in [2.75, 3.05) is 6.61 Å². The largest absolute Gasteiger partial charge is 0.508 e. The fourth-order valence-electron chi connectivity index (χ4n) is 2.51. The number of benzene rings is 1. The Balaban J connectivity index is 1.81. The average Bonchev–Trinajstić information content (AvgIpc) is 3.10. The monoisotopic (exact) mass is 399 g/mol. The van der Waals surface area contributed by atoms with E-state index in [2.05, 4.69) is 41.3 Å². The SMILES string of the molecule is CC(C)(C)n1c(-c2ccc(O)cc2)cs/c1=N\NC(=O)COc1cnccn1. The molecule has 2 aromatic heterocycles. The van der Waals surface area contributed by atoms with E-state index < -0.39 is 5.91 Å². The third-order valence-electron chi connectivity index (χ3n) is 3.71. The van der Waals surface area contributed by atoms with Gasteiger partial charge in [0, 0.05) is 23.3 Å². The van der Waals surface area contributed by atoms with E-state index in [-0.39, 0.29) is 23.8 Å². The third kappa shape index (κ3) is 4.74. The second-order valence-corrected chi connectivity index (χ2v) is 7.77. The van der Waals surface area contributed by atoms with Crippen LogP contribution in [0.5, 0.6) is 11.6 Å². The van der Waals surface area contributed by atoms with E-state index in [0.717, 1.165) is 11.3 Å². The maximum atomic E-state index is 12.1. The molecule has 9 heteroatoms. The van der Waals surface area contributed by atoms with Crippen LogP contribution in [0.15, 0.2) is 53.3 Å². The average molecular weight is 399 g/mol. The molecule has 1 aromatic carbocycles. The van der Waals surface area contributed by atoms with Crippen molar-refractivity contribution < 1.29 is 14.6 Å². The molecule has 0 saturated heterocycles. The van der Waals surface area contributed by atoms with Crippen molar-refractivity contribution in [3.63, 3.8) is 0 Å². The van der Waals surface area contributed by atoms with E-state index >= 15 is 0 Å². The van der Waals surface area contributed by atoms with E-state index in [1.165, 1.54) is 29.9 Å². The van der Waals surface area contributed by atoms with Gasteiger partial charge in [-0.1, -0.05) is 0 Å². The summed E-state index contributed by atoms with van der Waals surface area (Å²) in [5, 5.41) is 15.8. The van der Waals surface area contributed by atoms with Crippen LogP contribution < -0.4 is 15.0 Å². The quantitative estimate of drug-likeness (QED) is 0.642. The van der Waals surface area contributed by atoms with E-state index in [1.807, 2.05) is 22.1 Å². The summed E-state index contributed by atoms with van der Waals surface area (Å²) in [5.41, 5.74) is 4.14. The number of aromatic nitrogens is 3. The highest BCUT2D eigenvalue weighted by atomic mass is 32.1. The smallest absolute Gasteiger partial charge is 0.278 e. The van der Waals surface area contributed by atoms with Gasteiger partial charge in [0.15, 0.2) is 6.61 Å². The Hall–Kier alpha value is -3.20. The molecule has 0 aliphatic rings. The van der Waals surface area contributed by atoms with Crippen molar-refractivity contribution in [3.05, 3.63) is 53.0 Å². The van der Waals surface area contributed by atoms with Gasteiger partial charge in [-0.15, -0.1) is 16.4 Å². The van der Waals surface area contributed by atoms with E-state index in [9.17, 15) is 9.90 Å². The lowest BCUT2D eigenvalue weighted by molar-refractivity contribution is -0.123. The third-order valence-corrected chi connectivity index (χ3v) is 4.53. The van der Waals surface area contributed by atoms with Crippen LogP contribution in [0, 0.1) is 0 Å². The van der Waals surface area contributed by atoms with Gasteiger partial charge in [0.2, 0.25) is 10.7 Å². The summed E-state index contributed by atoms with van der Waals surface area (Å²) in [6.45, 7) is 5.96. The Morgan fingerprint density at radius 1 is 1.29 bits per heavy atom. The number of carbonyl (C=O) groups excluding carboxylic acids is 1. The normalized spacial score (nSPS) is 12.0. The summed E-state index contributed by atoms with van der Waals surface area (Å²) >= 11 is 1.41. The van der Waals surface area contributed by atoms with Gasteiger partial charge in [-0.2, -0.15) is 0 Å². The highest BCUT2D eigenvalue weighted by Gasteiger charge is 2.20. The number of carbonyl (C=O) groups is 1. The minimum absolute atomic E-state index is 0.210. The van der Waals surface area contributed by atoms with Crippen LogP contribution in [-0.2, 0) is 10.3 Å². The van der Waals surface area contributed by atoms with Gasteiger partial charge in [-0.05, 0) is 50.6 Å². The van der Waals surface area contributed by atoms with Gasteiger partial charge < -0.3 is 14.4 Å². The molecule has 2 heterocycles. The van der Waals surface area contributed by atoms with Crippen LogP contribution in [0.1, 0.15) is 20.8 Å². The molecular weight excluding hydrogens is 378 g/mol.